The smallest absolute Gasteiger partial charge is 0.414 e. The normalized spacial score (nSPS) is 16.0. The van der Waals surface area contributed by atoms with Crippen LogP contribution in [0.2, 0.25) is 0 Å². The first kappa shape index (κ1) is 20.3. The first-order chi connectivity index (χ1) is 15.6. The first-order valence-corrected chi connectivity index (χ1v) is 10.6. The molecular formula is C26H23FN2O3. The molecular weight excluding hydrogens is 407 g/mol. The molecule has 0 radical (unpaired) electrons. The number of benzene rings is 3. The van der Waals surface area contributed by atoms with Crippen molar-refractivity contribution in [3.8, 4) is 22.5 Å². The average molecular weight is 430 g/mol. The maximum absolute atomic E-state index is 13.5. The molecule has 1 amide bonds. The van der Waals surface area contributed by atoms with Crippen LogP contribution in [-0.2, 0) is 11.3 Å². The molecule has 1 aliphatic rings. The maximum Gasteiger partial charge on any atom is 0.414 e. The SMILES string of the molecule is CNCc1c(-c2ccc(F)cc2)oc2cc(N3C(=O)OCC3C)c(-c3ccccc3)cc12. The van der Waals surface area contributed by atoms with E-state index in [4.69, 9.17) is 9.15 Å². The lowest BCUT2D eigenvalue weighted by atomic mass is 9.98. The van der Waals surface area contributed by atoms with Gasteiger partial charge in [-0.15, -0.1) is 0 Å². The van der Waals surface area contributed by atoms with Crippen molar-refractivity contribution in [1.29, 1.82) is 0 Å². The zero-order valence-corrected chi connectivity index (χ0v) is 17.9. The van der Waals surface area contributed by atoms with Crippen molar-refractivity contribution in [2.45, 2.75) is 19.5 Å². The van der Waals surface area contributed by atoms with Crippen molar-refractivity contribution >= 4 is 22.7 Å². The number of anilines is 1. The number of carbonyl (C=O) groups is 1. The molecule has 5 rings (SSSR count). The third-order valence-corrected chi connectivity index (χ3v) is 5.80. The molecule has 1 aliphatic heterocycles. The Balaban J connectivity index is 1.78. The third kappa shape index (κ3) is 3.42. The van der Waals surface area contributed by atoms with Crippen molar-refractivity contribution in [2.75, 3.05) is 18.6 Å². The number of furan rings is 1. The third-order valence-electron chi connectivity index (χ3n) is 5.80. The van der Waals surface area contributed by atoms with E-state index in [1.165, 1.54) is 12.1 Å². The molecule has 4 aromatic rings. The predicted octanol–water partition coefficient (Wildman–Crippen LogP) is 5.97. The molecule has 32 heavy (non-hydrogen) atoms. The summed E-state index contributed by atoms with van der Waals surface area (Å²) in [5.41, 5.74) is 5.11. The van der Waals surface area contributed by atoms with E-state index >= 15 is 0 Å². The van der Waals surface area contributed by atoms with Gasteiger partial charge in [0.05, 0.1) is 11.7 Å². The van der Waals surface area contributed by atoms with Gasteiger partial charge in [0.1, 0.15) is 23.8 Å². The van der Waals surface area contributed by atoms with E-state index in [0.717, 1.165) is 33.3 Å². The maximum atomic E-state index is 13.5. The summed E-state index contributed by atoms with van der Waals surface area (Å²) < 4.78 is 25.1. The highest BCUT2D eigenvalue weighted by molar-refractivity contribution is 6.02. The molecule has 0 bridgehead atoms. The van der Waals surface area contributed by atoms with E-state index in [1.807, 2.05) is 50.4 Å². The van der Waals surface area contributed by atoms with Crippen LogP contribution in [0.1, 0.15) is 12.5 Å². The average Bonchev–Trinajstić information content (AvgIpc) is 3.33. The van der Waals surface area contributed by atoms with Gasteiger partial charge in [0.15, 0.2) is 0 Å². The number of hydrogen-bond acceptors (Lipinski definition) is 4. The summed E-state index contributed by atoms with van der Waals surface area (Å²) in [6.07, 6.45) is -0.366. The molecule has 6 heteroatoms. The number of hydrogen-bond donors (Lipinski definition) is 1. The molecule has 2 heterocycles. The summed E-state index contributed by atoms with van der Waals surface area (Å²) in [6.45, 7) is 2.88. The Morgan fingerprint density at radius 3 is 2.47 bits per heavy atom. The number of rotatable bonds is 5. The van der Waals surface area contributed by atoms with Crippen molar-refractivity contribution < 1.29 is 18.3 Å². The Kier molecular flexibility index (Phi) is 5.15. The van der Waals surface area contributed by atoms with Crippen LogP contribution >= 0.6 is 0 Å². The van der Waals surface area contributed by atoms with E-state index < -0.39 is 0 Å². The Hall–Kier alpha value is -3.64. The lowest BCUT2D eigenvalue weighted by Gasteiger charge is -2.22. The Morgan fingerprint density at radius 1 is 1.06 bits per heavy atom. The molecule has 5 nitrogen and oxygen atoms in total. The number of halogens is 1. The zero-order chi connectivity index (χ0) is 22.2. The molecule has 0 aliphatic carbocycles. The summed E-state index contributed by atoms with van der Waals surface area (Å²) in [4.78, 5) is 14.2. The van der Waals surface area contributed by atoms with Crippen molar-refractivity contribution in [1.82, 2.24) is 5.32 Å². The van der Waals surface area contributed by atoms with Crippen LogP contribution in [0.5, 0.6) is 0 Å². The van der Waals surface area contributed by atoms with Crippen LogP contribution in [0.3, 0.4) is 0 Å². The lowest BCUT2D eigenvalue weighted by Crippen LogP contribution is -2.31. The first-order valence-electron chi connectivity index (χ1n) is 10.6. The largest absolute Gasteiger partial charge is 0.456 e. The fourth-order valence-electron chi connectivity index (χ4n) is 4.27. The fraction of sp³-hybridized carbons (Fsp3) is 0.192. The summed E-state index contributed by atoms with van der Waals surface area (Å²) in [7, 11) is 1.88. The van der Waals surface area contributed by atoms with Crippen LogP contribution in [0.4, 0.5) is 14.9 Å². The monoisotopic (exact) mass is 430 g/mol. The second-order valence-electron chi connectivity index (χ2n) is 7.97. The number of fused-ring (bicyclic) bond motifs is 1. The predicted molar refractivity (Wildman–Crippen MR) is 123 cm³/mol. The van der Waals surface area contributed by atoms with Crippen molar-refractivity contribution in [3.63, 3.8) is 0 Å². The quantitative estimate of drug-likeness (QED) is 0.424. The van der Waals surface area contributed by atoms with Crippen molar-refractivity contribution in [2.24, 2.45) is 0 Å². The van der Waals surface area contributed by atoms with E-state index in [1.54, 1.807) is 17.0 Å². The highest BCUT2D eigenvalue weighted by atomic mass is 19.1. The fourth-order valence-corrected chi connectivity index (χ4v) is 4.27. The van der Waals surface area contributed by atoms with E-state index in [2.05, 4.69) is 11.4 Å². The summed E-state index contributed by atoms with van der Waals surface area (Å²) in [6, 6.07) is 20.1. The molecule has 1 atom stereocenters. The number of nitrogens with zero attached hydrogens (tertiary/aromatic N) is 1. The van der Waals surface area contributed by atoms with Crippen LogP contribution < -0.4 is 10.2 Å². The number of ether oxygens (including phenoxy) is 1. The van der Waals surface area contributed by atoms with E-state index in [9.17, 15) is 9.18 Å². The molecule has 0 saturated carbocycles. The number of amides is 1. The topological polar surface area (TPSA) is 54.7 Å². The van der Waals surface area contributed by atoms with Crippen LogP contribution in [-0.4, -0.2) is 25.8 Å². The van der Waals surface area contributed by atoms with Crippen LogP contribution in [0, 0.1) is 5.82 Å². The lowest BCUT2D eigenvalue weighted by molar-refractivity contribution is 0.179. The molecule has 162 valence electrons. The highest BCUT2D eigenvalue weighted by Gasteiger charge is 2.33. The Morgan fingerprint density at radius 2 is 1.81 bits per heavy atom. The summed E-state index contributed by atoms with van der Waals surface area (Å²) in [5.74, 6) is 0.387. The summed E-state index contributed by atoms with van der Waals surface area (Å²) >= 11 is 0. The van der Waals surface area contributed by atoms with Crippen molar-refractivity contribution in [3.05, 3.63) is 78.1 Å². The van der Waals surface area contributed by atoms with Gasteiger partial charge in [-0.3, -0.25) is 4.90 Å². The van der Waals surface area contributed by atoms with Gasteiger partial charge in [0, 0.05) is 34.7 Å². The van der Waals surface area contributed by atoms with E-state index in [0.29, 0.717) is 24.5 Å². The van der Waals surface area contributed by atoms with Crippen LogP contribution in [0.25, 0.3) is 33.4 Å². The molecule has 1 N–H and O–H groups in total. The second kappa shape index (κ2) is 8.13. The molecule has 1 fully saturated rings. The second-order valence-corrected chi connectivity index (χ2v) is 7.97. The van der Waals surface area contributed by atoms with E-state index in [-0.39, 0.29) is 18.0 Å². The van der Waals surface area contributed by atoms with Gasteiger partial charge in [-0.1, -0.05) is 30.3 Å². The zero-order valence-electron chi connectivity index (χ0n) is 17.9. The van der Waals surface area contributed by atoms with Crippen LogP contribution in [0.15, 0.2) is 71.1 Å². The number of carbonyl (C=O) groups excluding carboxylic acids is 1. The van der Waals surface area contributed by atoms with Gasteiger partial charge in [0.2, 0.25) is 0 Å². The molecule has 1 unspecified atom stereocenters. The molecule has 1 saturated heterocycles. The molecule has 1 aromatic heterocycles. The van der Waals surface area contributed by atoms with Gasteiger partial charge >= 0.3 is 6.09 Å². The Labute approximate surface area is 185 Å². The summed E-state index contributed by atoms with van der Waals surface area (Å²) in [5, 5.41) is 4.15. The van der Waals surface area contributed by atoms with Gasteiger partial charge in [-0.2, -0.15) is 0 Å². The standard InChI is InChI=1S/C26H23FN2O3/c1-16-15-31-26(30)29(16)23-13-24-21(12-20(23)17-6-4-3-5-7-17)22(14-28-2)25(32-24)18-8-10-19(27)11-9-18/h3-13,16,28H,14-15H2,1-2H3. The molecule has 3 aromatic carbocycles. The Bertz CT molecular complexity index is 1280. The number of cyclic esters (lactones) is 1. The van der Waals surface area contributed by atoms with Gasteiger partial charge in [0.25, 0.3) is 0 Å². The number of nitrogens with one attached hydrogen (secondary N) is 1. The molecule has 0 spiro atoms. The minimum Gasteiger partial charge on any atom is -0.456 e. The van der Waals surface area contributed by atoms with Gasteiger partial charge in [-0.25, -0.2) is 9.18 Å². The van der Waals surface area contributed by atoms with Gasteiger partial charge in [-0.05, 0) is 49.9 Å². The minimum atomic E-state index is -0.366. The van der Waals surface area contributed by atoms with Gasteiger partial charge < -0.3 is 14.5 Å². The minimum absolute atomic E-state index is 0.0919. The highest BCUT2D eigenvalue weighted by Crippen LogP contribution is 2.42.